The molecule has 0 spiro atoms. The van der Waals surface area contributed by atoms with E-state index in [1.807, 2.05) is 0 Å². The van der Waals surface area contributed by atoms with Crippen LogP contribution in [0.5, 0.6) is 0 Å². The molecule has 0 aliphatic heterocycles. The number of hydrogen-bond acceptors (Lipinski definition) is 6. The molecule has 3 aromatic carbocycles. The summed E-state index contributed by atoms with van der Waals surface area (Å²) < 4.78 is 80.8. The van der Waals surface area contributed by atoms with E-state index in [0.29, 0.717) is 0 Å². The highest BCUT2D eigenvalue weighted by Crippen LogP contribution is 2.36. The van der Waals surface area contributed by atoms with Gasteiger partial charge in [0, 0.05) is 29.8 Å². The Morgan fingerprint density at radius 2 is 1.06 bits per heavy atom. The van der Waals surface area contributed by atoms with Crippen LogP contribution in [0.15, 0.2) is 81.4 Å². The second-order valence-electron chi connectivity index (χ2n) is 7.25. The third-order valence-corrected chi connectivity index (χ3v) is 9.07. The third-order valence-electron chi connectivity index (χ3n) is 4.91. The molecule has 4 N–H and O–H groups in total. The number of sulfonamides is 3. The van der Waals surface area contributed by atoms with Crippen molar-refractivity contribution in [1.29, 1.82) is 0 Å². The Morgan fingerprint density at radius 1 is 0.618 bits per heavy atom. The molecule has 0 heterocycles. The van der Waals surface area contributed by atoms with E-state index in [1.54, 1.807) is 38.1 Å². The predicted octanol–water partition coefficient (Wildman–Crippen LogP) is 2.26. The molecule has 0 saturated heterocycles. The Hall–Kier alpha value is -2.61. The highest BCUT2D eigenvalue weighted by atomic mass is 32.2. The van der Waals surface area contributed by atoms with Crippen LogP contribution in [0.3, 0.4) is 0 Å². The quantitative estimate of drug-likeness (QED) is 0.391. The lowest BCUT2D eigenvalue weighted by Crippen LogP contribution is -2.24. The van der Waals surface area contributed by atoms with Gasteiger partial charge in [-0.3, -0.25) is 0 Å². The lowest BCUT2D eigenvalue weighted by molar-refractivity contribution is 0.582. The lowest BCUT2D eigenvalue weighted by Gasteiger charge is -2.16. The topological polar surface area (TPSA) is 152 Å². The van der Waals surface area contributed by atoms with Crippen LogP contribution < -0.4 is 14.6 Å². The maximum absolute atomic E-state index is 12.7. The van der Waals surface area contributed by atoms with E-state index in [9.17, 15) is 25.3 Å². The number of nitrogens with one attached hydrogen (secondary N) is 2. The molecule has 3 aromatic rings. The molecule has 0 atom stereocenters. The molecule has 182 valence electrons. The first kappa shape index (κ1) is 26.0. The predicted molar refractivity (Wildman–Crippen MR) is 130 cm³/mol. The summed E-state index contributed by atoms with van der Waals surface area (Å²) in [6, 6.07) is 16.3. The van der Waals surface area contributed by atoms with Crippen LogP contribution in [-0.4, -0.2) is 38.3 Å². The van der Waals surface area contributed by atoms with E-state index in [0.717, 1.165) is 0 Å². The van der Waals surface area contributed by atoms with Crippen molar-refractivity contribution in [3.63, 3.8) is 0 Å². The number of rotatable bonds is 9. The molecular formula is C22H25N3O6S3. The number of hydrogen-bond donors (Lipinski definition) is 3. The van der Waals surface area contributed by atoms with Crippen molar-refractivity contribution in [3.8, 4) is 22.3 Å². The van der Waals surface area contributed by atoms with E-state index in [-0.39, 0.29) is 50.0 Å². The van der Waals surface area contributed by atoms with Gasteiger partial charge < -0.3 is 0 Å². The molecule has 0 bridgehead atoms. The third kappa shape index (κ3) is 5.37. The fourth-order valence-electron chi connectivity index (χ4n) is 3.55. The molecule has 34 heavy (non-hydrogen) atoms. The van der Waals surface area contributed by atoms with Crippen LogP contribution in [0.4, 0.5) is 0 Å². The van der Waals surface area contributed by atoms with Crippen molar-refractivity contribution in [2.24, 2.45) is 5.14 Å². The van der Waals surface area contributed by atoms with Crippen LogP contribution in [0.2, 0.25) is 0 Å². The summed E-state index contributed by atoms with van der Waals surface area (Å²) in [4.78, 5) is -0.468. The van der Waals surface area contributed by atoms with Crippen molar-refractivity contribution in [3.05, 3.63) is 66.7 Å². The summed E-state index contributed by atoms with van der Waals surface area (Å²) in [7, 11) is -12.1. The van der Waals surface area contributed by atoms with Crippen molar-refractivity contribution in [2.75, 3.05) is 13.1 Å². The van der Waals surface area contributed by atoms with Crippen LogP contribution in [0, 0.1) is 0 Å². The summed E-state index contributed by atoms with van der Waals surface area (Å²) in [6.07, 6.45) is 0. The molecule has 12 heteroatoms. The van der Waals surface area contributed by atoms with E-state index in [2.05, 4.69) is 9.44 Å². The molecule has 9 nitrogen and oxygen atoms in total. The average Bonchev–Trinajstić information content (AvgIpc) is 2.78. The highest BCUT2D eigenvalue weighted by Gasteiger charge is 2.25. The highest BCUT2D eigenvalue weighted by molar-refractivity contribution is 7.90. The Labute approximate surface area is 200 Å². The Morgan fingerprint density at radius 3 is 1.56 bits per heavy atom. The zero-order valence-electron chi connectivity index (χ0n) is 18.5. The average molecular weight is 524 g/mol. The van der Waals surface area contributed by atoms with Crippen molar-refractivity contribution >= 4 is 30.1 Å². The second-order valence-corrected chi connectivity index (χ2v) is 12.3. The van der Waals surface area contributed by atoms with Gasteiger partial charge in [-0.15, -0.1) is 0 Å². The molecule has 3 rings (SSSR count). The van der Waals surface area contributed by atoms with Gasteiger partial charge >= 0.3 is 0 Å². The maximum atomic E-state index is 12.7. The zero-order chi connectivity index (χ0) is 25.1. The second kappa shape index (κ2) is 9.94. The van der Waals surface area contributed by atoms with Gasteiger partial charge in [0.15, 0.2) is 0 Å². The first-order chi connectivity index (χ1) is 15.9. The summed E-state index contributed by atoms with van der Waals surface area (Å²) >= 11 is 0. The standard InChI is InChI=1S/C22H25N3O6S3/c1-3-24-33(28,29)20-11-7-5-9-17(20)16-13-14-19(22(15-16)32(23,26)27)18-10-6-8-12-21(18)34(30,31)25-4-2/h5-15,24-25H,3-4H2,1-2H3,(H2,23,26,27). The van der Waals surface area contributed by atoms with E-state index >= 15 is 0 Å². The van der Waals surface area contributed by atoms with Gasteiger partial charge in [0.25, 0.3) is 0 Å². The Bertz CT molecular complexity index is 1530. The number of primary sulfonamides is 1. The Balaban J connectivity index is 2.30. The largest absolute Gasteiger partial charge is 0.241 e. The number of benzene rings is 3. The minimum absolute atomic E-state index is 0.0277. The molecule has 0 amide bonds. The molecule has 0 fully saturated rings. The van der Waals surface area contributed by atoms with Gasteiger partial charge in [0.1, 0.15) is 0 Å². The lowest BCUT2D eigenvalue weighted by atomic mass is 10.00. The fourth-order valence-corrected chi connectivity index (χ4v) is 6.85. The zero-order valence-corrected chi connectivity index (χ0v) is 21.0. The van der Waals surface area contributed by atoms with Crippen LogP contribution >= 0.6 is 0 Å². The van der Waals surface area contributed by atoms with Gasteiger partial charge in [-0.1, -0.05) is 62.4 Å². The molecule has 0 aliphatic carbocycles. The molecule has 0 aromatic heterocycles. The summed E-state index contributed by atoms with van der Waals surface area (Å²) in [5.41, 5.74) is 0.785. The monoisotopic (exact) mass is 523 g/mol. The van der Waals surface area contributed by atoms with Crippen LogP contribution in [0.25, 0.3) is 22.3 Å². The summed E-state index contributed by atoms with van der Waals surface area (Å²) in [5, 5.41) is 5.51. The molecular weight excluding hydrogens is 498 g/mol. The first-order valence-electron chi connectivity index (χ1n) is 10.3. The smallest absolute Gasteiger partial charge is 0.225 e. The van der Waals surface area contributed by atoms with Gasteiger partial charge in [0.05, 0.1) is 14.7 Å². The Kier molecular flexibility index (Phi) is 7.60. The van der Waals surface area contributed by atoms with Gasteiger partial charge in [0.2, 0.25) is 30.1 Å². The number of nitrogens with two attached hydrogens (primary N) is 1. The normalized spacial score (nSPS) is 12.6. The molecule has 0 radical (unpaired) electrons. The minimum Gasteiger partial charge on any atom is -0.225 e. The van der Waals surface area contributed by atoms with E-state index in [4.69, 9.17) is 5.14 Å². The first-order valence-corrected chi connectivity index (χ1v) is 14.8. The summed E-state index contributed by atoms with van der Waals surface area (Å²) in [6.45, 7) is 3.60. The van der Waals surface area contributed by atoms with Crippen LogP contribution in [0.1, 0.15) is 13.8 Å². The van der Waals surface area contributed by atoms with Gasteiger partial charge in [-0.05, 0) is 23.8 Å². The SMILES string of the molecule is CCNS(=O)(=O)c1ccccc1-c1ccc(-c2ccccc2S(=O)(=O)NCC)c(S(N)(=O)=O)c1. The maximum Gasteiger partial charge on any atom is 0.241 e. The van der Waals surface area contributed by atoms with Crippen molar-refractivity contribution in [1.82, 2.24) is 9.44 Å². The molecule has 0 unspecified atom stereocenters. The van der Waals surface area contributed by atoms with Crippen molar-refractivity contribution in [2.45, 2.75) is 28.5 Å². The minimum atomic E-state index is -4.33. The van der Waals surface area contributed by atoms with E-state index < -0.39 is 30.1 Å². The fraction of sp³-hybridized carbons (Fsp3) is 0.182. The summed E-state index contributed by atoms with van der Waals surface area (Å²) in [5.74, 6) is 0. The van der Waals surface area contributed by atoms with Gasteiger partial charge in [-0.25, -0.2) is 39.8 Å². The van der Waals surface area contributed by atoms with Crippen molar-refractivity contribution < 1.29 is 25.3 Å². The van der Waals surface area contributed by atoms with E-state index in [1.165, 1.54) is 42.5 Å². The van der Waals surface area contributed by atoms with Gasteiger partial charge in [-0.2, -0.15) is 0 Å². The molecule has 0 aliphatic rings. The molecule has 0 saturated carbocycles. The van der Waals surface area contributed by atoms with Crippen LogP contribution in [-0.2, 0) is 30.1 Å².